The van der Waals surface area contributed by atoms with Crippen LogP contribution in [-0.2, 0) is 0 Å². The average Bonchev–Trinajstić information content (AvgIpc) is 2.50. The molecule has 0 heterocycles. The Morgan fingerprint density at radius 1 is 0.905 bits per heavy atom. The Morgan fingerprint density at radius 2 is 1.52 bits per heavy atom. The molecule has 2 aromatic carbocycles. The van der Waals surface area contributed by atoms with Gasteiger partial charge in [-0.25, -0.2) is 4.39 Å². The third kappa shape index (κ3) is 4.15. The molecule has 0 aliphatic carbocycles. The lowest BCUT2D eigenvalue weighted by molar-refractivity contribution is 0.357. The van der Waals surface area contributed by atoms with Crippen LogP contribution >= 0.6 is 0 Å². The zero-order valence-corrected chi connectivity index (χ0v) is 13.0. The first kappa shape index (κ1) is 15.7. The molecule has 0 saturated carbocycles. The number of nitrogens with one attached hydrogen (secondary N) is 1. The maximum atomic E-state index is 13.1. The van der Waals surface area contributed by atoms with Gasteiger partial charge in [-0.2, -0.15) is 0 Å². The minimum absolute atomic E-state index is 0.183. The Bertz CT molecular complexity index is 533. The summed E-state index contributed by atoms with van der Waals surface area (Å²) in [6.07, 6.45) is 0.974. The van der Waals surface area contributed by atoms with E-state index in [0.29, 0.717) is 12.0 Å². The van der Waals surface area contributed by atoms with E-state index >= 15 is 0 Å². The van der Waals surface area contributed by atoms with Crippen LogP contribution in [0.1, 0.15) is 50.4 Å². The number of hydrogen-bond donors (Lipinski definition) is 1. The van der Waals surface area contributed by atoms with Gasteiger partial charge in [0.1, 0.15) is 5.82 Å². The van der Waals surface area contributed by atoms with E-state index in [1.807, 2.05) is 18.2 Å². The lowest BCUT2D eigenvalue weighted by Crippen LogP contribution is -2.29. The summed E-state index contributed by atoms with van der Waals surface area (Å²) >= 11 is 0. The van der Waals surface area contributed by atoms with Crippen LogP contribution in [0.3, 0.4) is 0 Å². The Labute approximate surface area is 127 Å². The highest BCUT2D eigenvalue weighted by atomic mass is 19.1. The Balaban J connectivity index is 2.20. The topological polar surface area (TPSA) is 12.0 Å². The molecule has 0 amide bonds. The third-order valence-electron chi connectivity index (χ3n) is 3.89. The summed E-state index contributed by atoms with van der Waals surface area (Å²) in [5, 5.41) is 3.73. The quantitative estimate of drug-likeness (QED) is 0.763. The van der Waals surface area contributed by atoms with Crippen LogP contribution < -0.4 is 5.32 Å². The Morgan fingerprint density at radius 3 is 2.05 bits per heavy atom. The summed E-state index contributed by atoms with van der Waals surface area (Å²) in [4.78, 5) is 0. The number of hydrogen-bond acceptors (Lipinski definition) is 1. The molecule has 2 atom stereocenters. The van der Waals surface area contributed by atoms with Gasteiger partial charge < -0.3 is 5.32 Å². The van der Waals surface area contributed by atoms with Crippen molar-refractivity contribution in [1.29, 1.82) is 0 Å². The molecule has 0 saturated heterocycles. The fourth-order valence-electron chi connectivity index (χ4n) is 2.70. The molecule has 21 heavy (non-hydrogen) atoms. The maximum Gasteiger partial charge on any atom is 0.123 e. The van der Waals surface area contributed by atoms with Crippen LogP contribution in [0.15, 0.2) is 54.6 Å². The predicted molar refractivity (Wildman–Crippen MR) is 86.6 cm³/mol. The molecule has 2 heteroatoms. The third-order valence-corrected chi connectivity index (χ3v) is 3.89. The van der Waals surface area contributed by atoms with Crippen LogP contribution in [0.2, 0.25) is 0 Å². The minimum Gasteiger partial charge on any atom is -0.303 e. The van der Waals surface area contributed by atoms with Crippen molar-refractivity contribution in [2.75, 3.05) is 0 Å². The van der Waals surface area contributed by atoms with Crippen molar-refractivity contribution in [2.24, 2.45) is 5.92 Å². The van der Waals surface area contributed by atoms with Gasteiger partial charge in [-0.3, -0.25) is 0 Å². The van der Waals surface area contributed by atoms with Gasteiger partial charge in [-0.15, -0.1) is 0 Å². The molecule has 0 radical (unpaired) electrons. The van der Waals surface area contributed by atoms with Gasteiger partial charge >= 0.3 is 0 Å². The first-order valence-corrected chi connectivity index (χ1v) is 7.68. The van der Waals surface area contributed by atoms with Crippen LogP contribution in [-0.4, -0.2) is 0 Å². The number of halogens is 1. The highest BCUT2D eigenvalue weighted by Gasteiger charge is 2.20. The van der Waals surface area contributed by atoms with E-state index in [1.165, 1.54) is 17.7 Å². The first-order chi connectivity index (χ1) is 10.1. The summed E-state index contributed by atoms with van der Waals surface area (Å²) in [5.74, 6) is 0.305. The summed E-state index contributed by atoms with van der Waals surface area (Å²) in [7, 11) is 0. The lowest BCUT2D eigenvalue weighted by atomic mass is 9.93. The van der Waals surface area contributed by atoms with Crippen molar-refractivity contribution >= 4 is 0 Å². The molecule has 0 aliphatic rings. The fourth-order valence-corrected chi connectivity index (χ4v) is 2.70. The standard InChI is InChI=1S/C19H24FN/c1-4-18(15-10-12-17(20)13-11-15)21-19(14(2)3)16-8-6-5-7-9-16/h5-14,18-19,21H,4H2,1-3H3. The second-order valence-corrected chi connectivity index (χ2v) is 5.81. The van der Waals surface area contributed by atoms with E-state index < -0.39 is 0 Å². The van der Waals surface area contributed by atoms with E-state index in [2.05, 4.69) is 50.4 Å². The van der Waals surface area contributed by atoms with Crippen LogP contribution in [0.25, 0.3) is 0 Å². The molecule has 0 aliphatic heterocycles. The number of benzene rings is 2. The van der Waals surface area contributed by atoms with Gasteiger partial charge in [-0.05, 0) is 35.6 Å². The molecule has 2 rings (SSSR count). The first-order valence-electron chi connectivity index (χ1n) is 7.68. The Kier molecular flexibility index (Phi) is 5.51. The van der Waals surface area contributed by atoms with E-state index in [1.54, 1.807) is 0 Å². The molecule has 0 fully saturated rings. The van der Waals surface area contributed by atoms with Crippen molar-refractivity contribution in [3.8, 4) is 0 Å². The summed E-state index contributed by atoms with van der Waals surface area (Å²) < 4.78 is 13.1. The summed E-state index contributed by atoms with van der Waals surface area (Å²) in [6.45, 7) is 6.60. The van der Waals surface area contributed by atoms with Crippen LogP contribution in [0, 0.1) is 11.7 Å². The van der Waals surface area contributed by atoms with E-state index in [9.17, 15) is 4.39 Å². The molecular formula is C19H24FN. The summed E-state index contributed by atoms with van der Waals surface area (Å²) in [6, 6.07) is 17.9. The van der Waals surface area contributed by atoms with Gasteiger partial charge in [0.05, 0.1) is 0 Å². The second-order valence-electron chi connectivity index (χ2n) is 5.81. The molecular weight excluding hydrogens is 261 g/mol. The van der Waals surface area contributed by atoms with Crippen molar-refractivity contribution in [1.82, 2.24) is 5.32 Å². The fraction of sp³-hybridized carbons (Fsp3) is 0.368. The van der Waals surface area contributed by atoms with Crippen LogP contribution in [0.5, 0.6) is 0 Å². The molecule has 0 aromatic heterocycles. The molecule has 112 valence electrons. The molecule has 1 nitrogen and oxygen atoms in total. The molecule has 0 bridgehead atoms. The molecule has 2 aromatic rings. The van der Waals surface area contributed by atoms with Gasteiger partial charge in [0.25, 0.3) is 0 Å². The van der Waals surface area contributed by atoms with Crippen molar-refractivity contribution in [3.05, 3.63) is 71.5 Å². The molecule has 2 unspecified atom stereocenters. The van der Waals surface area contributed by atoms with Crippen molar-refractivity contribution in [3.63, 3.8) is 0 Å². The van der Waals surface area contributed by atoms with Gasteiger partial charge in [0.15, 0.2) is 0 Å². The highest BCUT2D eigenvalue weighted by Crippen LogP contribution is 2.27. The normalized spacial score (nSPS) is 14.1. The SMILES string of the molecule is CCC(NC(c1ccccc1)C(C)C)c1ccc(F)cc1. The number of rotatable bonds is 6. The van der Waals surface area contributed by atoms with Gasteiger partial charge in [-0.1, -0.05) is 63.2 Å². The molecule has 1 N–H and O–H groups in total. The van der Waals surface area contributed by atoms with Gasteiger partial charge in [0.2, 0.25) is 0 Å². The minimum atomic E-state index is -0.183. The zero-order chi connectivity index (χ0) is 15.2. The Hall–Kier alpha value is -1.67. The van der Waals surface area contributed by atoms with Crippen molar-refractivity contribution < 1.29 is 4.39 Å². The smallest absolute Gasteiger partial charge is 0.123 e. The average molecular weight is 285 g/mol. The van der Waals surface area contributed by atoms with Gasteiger partial charge in [0, 0.05) is 12.1 Å². The van der Waals surface area contributed by atoms with E-state index in [4.69, 9.17) is 0 Å². The second kappa shape index (κ2) is 7.37. The lowest BCUT2D eigenvalue weighted by Gasteiger charge is -2.28. The largest absolute Gasteiger partial charge is 0.303 e. The zero-order valence-electron chi connectivity index (χ0n) is 13.0. The monoisotopic (exact) mass is 285 g/mol. The highest BCUT2D eigenvalue weighted by molar-refractivity contribution is 5.23. The van der Waals surface area contributed by atoms with E-state index in [-0.39, 0.29) is 11.9 Å². The summed E-state index contributed by atoms with van der Waals surface area (Å²) in [5.41, 5.74) is 2.44. The van der Waals surface area contributed by atoms with E-state index in [0.717, 1.165) is 12.0 Å². The maximum absolute atomic E-state index is 13.1. The predicted octanol–water partition coefficient (Wildman–Crippen LogP) is 5.26. The van der Waals surface area contributed by atoms with Crippen LogP contribution in [0.4, 0.5) is 4.39 Å². The molecule has 0 spiro atoms. The van der Waals surface area contributed by atoms with Crippen molar-refractivity contribution in [2.45, 2.75) is 39.3 Å².